The van der Waals surface area contributed by atoms with Gasteiger partial charge in [0.05, 0.1) is 15.2 Å². The molecule has 0 radical (unpaired) electrons. The average molecular weight is 433 g/mol. The summed E-state index contributed by atoms with van der Waals surface area (Å²) >= 11 is 13.4. The smallest absolute Gasteiger partial charge is 0.238 e. The number of thioether (sulfide) groups is 1. The van der Waals surface area contributed by atoms with E-state index in [9.17, 15) is 13.2 Å². The number of amides is 1. The molecule has 0 bridgehead atoms. The molecule has 3 N–H and O–H groups in total. The first-order valence-electron chi connectivity index (χ1n) is 7.68. The normalized spacial score (nSPS) is 12.6. The zero-order valence-corrected chi connectivity index (χ0v) is 17.1. The largest absolute Gasteiger partial charge is 0.355 e. The fourth-order valence-corrected chi connectivity index (χ4v) is 4.08. The molecule has 0 aliphatic carbocycles. The Labute approximate surface area is 167 Å². The van der Waals surface area contributed by atoms with Gasteiger partial charge in [0.2, 0.25) is 15.9 Å². The number of benzene rings is 2. The molecule has 2 rings (SSSR count). The molecule has 0 saturated heterocycles. The third kappa shape index (κ3) is 6.17. The minimum Gasteiger partial charge on any atom is -0.355 e. The fraction of sp³-hybridized carbons (Fsp3) is 0.235. The van der Waals surface area contributed by atoms with E-state index in [1.54, 1.807) is 37.3 Å². The van der Waals surface area contributed by atoms with Crippen LogP contribution in [0.4, 0.5) is 0 Å². The van der Waals surface area contributed by atoms with Crippen LogP contribution < -0.4 is 10.5 Å². The van der Waals surface area contributed by atoms with E-state index in [0.717, 1.165) is 10.5 Å². The van der Waals surface area contributed by atoms with Crippen molar-refractivity contribution in [1.82, 2.24) is 5.32 Å². The minimum absolute atomic E-state index is 0.0636. The molecule has 0 fully saturated rings. The van der Waals surface area contributed by atoms with Crippen LogP contribution >= 0.6 is 35.0 Å². The number of primary sulfonamides is 1. The molecule has 1 unspecified atom stereocenters. The van der Waals surface area contributed by atoms with Gasteiger partial charge >= 0.3 is 0 Å². The molecule has 2 aromatic rings. The summed E-state index contributed by atoms with van der Waals surface area (Å²) in [6.07, 6.45) is 0.575. The molecule has 0 heterocycles. The number of nitrogens with two attached hydrogens (primary N) is 1. The lowest BCUT2D eigenvalue weighted by Gasteiger charge is -2.13. The van der Waals surface area contributed by atoms with Crippen LogP contribution in [0.25, 0.3) is 0 Å². The first-order valence-corrected chi connectivity index (χ1v) is 10.9. The molecule has 1 amide bonds. The second-order valence-electron chi connectivity index (χ2n) is 5.56. The summed E-state index contributed by atoms with van der Waals surface area (Å²) < 4.78 is 22.4. The molecule has 0 aromatic heterocycles. The summed E-state index contributed by atoms with van der Waals surface area (Å²) in [5.74, 6) is -0.118. The molecule has 0 spiro atoms. The van der Waals surface area contributed by atoms with Crippen LogP contribution in [-0.2, 0) is 21.2 Å². The highest BCUT2D eigenvalue weighted by Gasteiger charge is 2.16. The number of sulfonamides is 1. The lowest BCUT2D eigenvalue weighted by Crippen LogP contribution is -2.32. The lowest BCUT2D eigenvalue weighted by atomic mass is 10.1. The Morgan fingerprint density at radius 2 is 1.85 bits per heavy atom. The van der Waals surface area contributed by atoms with Gasteiger partial charge in [-0.15, -0.1) is 11.8 Å². The Morgan fingerprint density at radius 1 is 1.19 bits per heavy atom. The van der Waals surface area contributed by atoms with E-state index in [-0.39, 0.29) is 16.1 Å². The van der Waals surface area contributed by atoms with Gasteiger partial charge in [-0.2, -0.15) is 0 Å². The Bertz CT molecular complexity index is 887. The molecule has 1 atom stereocenters. The van der Waals surface area contributed by atoms with E-state index >= 15 is 0 Å². The summed E-state index contributed by atoms with van der Waals surface area (Å²) in [4.78, 5) is 13.0. The molecular formula is C17H18Cl2N2O3S2. The van der Waals surface area contributed by atoms with Crippen LogP contribution in [-0.4, -0.2) is 26.1 Å². The van der Waals surface area contributed by atoms with Gasteiger partial charge in [0.1, 0.15) is 0 Å². The number of carbonyl (C=O) groups is 1. The maximum atomic E-state index is 12.2. The topological polar surface area (TPSA) is 89.3 Å². The van der Waals surface area contributed by atoms with Crippen LogP contribution in [0, 0.1) is 0 Å². The number of nitrogens with one attached hydrogen (secondary N) is 1. The van der Waals surface area contributed by atoms with Gasteiger partial charge in [-0.05, 0) is 49.2 Å². The standard InChI is InChI=1S/C17H18Cl2N2O3S2/c1-11(25-16-10-13(18)4-7-15(16)19)17(22)21-9-8-12-2-5-14(6-3-12)26(20,23)24/h2-7,10-11H,8-9H2,1H3,(H,21,22)(H2,20,23,24). The Kier molecular flexibility index (Phi) is 7.37. The second kappa shape index (κ2) is 9.10. The van der Waals surface area contributed by atoms with Crippen molar-refractivity contribution in [2.24, 2.45) is 5.14 Å². The Morgan fingerprint density at radius 3 is 2.46 bits per heavy atom. The van der Waals surface area contributed by atoms with Crippen molar-refractivity contribution in [1.29, 1.82) is 0 Å². The molecule has 9 heteroatoms. The first-order chi connectivity index (χ1) is 12.2. The number of halogens is 2. The van der Waals surface area contributed by atoms with E-state index in [1.165, 1.54) is 23.9 Å². The molecule has 2 aromatic carbocycles. The highest BCUT2D eigenvalue weighted by Crippen LogP contribution is 2.32. The quantitative estimate of drug-likeness (QED) is 0.655. The predicted octanol–water partition coefficient (Wildman–Crippen LogP) is 3.48. The second-order valence-corrected chi connectivity index (χ2v) is 9.35. The molecule has 26 heavy (non-hydrogen) atoms. The van der Waals surface area contributed by atoms with Gasteiger partial charge in [0.25, 0.3) is 0 Å². The van der Waals surface area contributed by atoms with Gasteiger partial charge in [0, 0.05) is 16.5 Å². The van der Waals surface area contributed by atoms with Crippen molar-refractivity contribution in [3.05, 3.63) is 58.1 Å². The van der Waals surface area contributed by atoms with Gasteiger partial charge in [-0.25, -0.2) is 13.6 Å². The number of rotatable bonds is 7. The first kappa shape index (κ1) is 21.1. The van der Waals surface area contributed by atoms with Crippen molar-refractivity contribution in [3.8, 4) is 0 Å². The molecule has 140 valence electrons. The SMILES string of the molecule is CC(Sc1cc(Cl)ccc1Cl)C(=O)NCCc1ccc(S(N)(=O)=O)cc1. The summed E-state index contributed by atoms with van der Waals surface area (Å²) in [5.41, 5.74) is 0.899. The molecule has 0 aliphatic heterocycles. The highest BCUT2D eigenvalue weighted by atomic mass is 35.5. The van der Waals surface area contributed by atoms with E-state index < -0.39 is 10.0 Å². The van der Waals surface area contributed by atoms with Crippen molar-refractivity contribution >= 4 is 50.9 Å². The number of hydrogen-bond donors (Lipinski definition) is 2. The van der Waals surface area contributed by atoms with Gasteiger partial charge in [-0.3, -0.25) is 4.79 Å². The fourth-order valence-electron chi connectivity index (χ4n) is 2.13. The Hall–Kier alpha value is -1.25. The van der Waals surface area contributed by atoms with E-state index in [4.69, 9.17) is 28.3 Å². The van der Waals surface area contributed by atoms with Crippen LogP contribution in [0.1, 0.15) is 12.5 Å². The Balaban J connectivity index is 1.85. The maximum Gasteiger partial charge on any atom is 0.238 e. The lowest BCUT2D eigenvalue weighted by molar-refractivity contribution is -0.120. The van der Waals surface area contributed by atoms with Crippen LogP contribution in [0.5, 0.6) is 0 Å². The summed E-state index contributed by atoms with van der Waals surface area (Å²) in [6, 6.07) is 11.4. The van der Waals surface area contributed by atoms with Crippen molar-refractivity contribution in [2.75, 3.05) is 6.54 Å². The van der Waals surface area contributed by atoms with E-state index in [1.807, 2.05) is 0 Å². The minimum atomic E-state index is -3.69. The molecule has 0 saturated carbocycles. The van der Waals surface area contributed by atoms with Gasteiger partial charge in [0.15, 0.2) is 0 Å². The number of hydrogen-bond acceptors (Lipinski definition) is 4. The van der Waals surface area contributed by atoms with Crippen LogP contribution in [0.15, 0.2) is 52.3 Å². The molecule has 0 aliphatic rings. The van der Waals surface area contributed by atoms with Gasteiger partial charge in [-0.1, -0.05) is 35.3 Å². The number of carbonyl (C=O) groups excluding carboxylic acids is 1. The van der Waals surface area contributed by atoms with E-state index in [0.29, 0.717) is 23.0 Å². The predicted molar refractivity (Wildman–Crippen MR) is 106 cm³/mol. The third-order valence-corrected chi connectivity index (χ3v) is 6.30. The third-order valence-electron chi connectivity index (χ3n) is 3.53. The zero-order valence-electron chi connectivity index (χ0n) is 13.9. The van der Waals surface area contributed by atoms with Crippen molar-refractivity contribution < 1.29 is 13.2 Å². The highest BCUT2D eigenvalue weighted by molar-refractivity contribution is 8.00. The van der Waals surface area contributed by atoms with Crippen LogP contribution in [0.3, 0.4) is 0 Å². The summed E-state index contributed by atoms with van der Waals surface area (Å²) in [5, 5.41) is 8.68. The maximum absolute atomic E-state index is 12.2. The van der Waals surface area contributed by atoms with Crippen LogP contribution in [0.2, 0.25) is 10.0 Å². The molecule has 5 nitrogen and oxygen atoms in total. The average Bonchev–Trinajstić information content (AvgIpc) is 2.57. The van der Waals surface area contributed by atoms with Crippen molar-refractivity contribution in [3.63, 3.8) is 0 Å². The monoisotopic (exact) mass is 432 g/mol. The zero-order chi connectivity index (χ0) is 19.3. The van der Waals surface area contributed by atoms with Crippen molar-refractivity contribution in [2.45, 2.75) is 28.4 Å². The van der Waals surface area contributed by atoms with E-state index in [2.05, 4.69) is 5.32 Å². The molecular weight excluding hydrogens is 415 g/mol. The summed E-state index contributed by atoms with van der Waals surface area (Å²) in [6.45, 7) is 2.22. The summed E-state index contributed by atoms with van der Waals surface area (Å²) in [7, 11) is -3.69. The van der Waals surface area contributed by atoms with Gasteiger partial charge < -0.3 is 5.32 Å².